The summed E-state index contributed by atoms with van der Waals surface area (Å²) < 4.78 is 37.5. The lowest BCUT2D eigenvalue weighted by Gasteiger charge is -2.34. The Morgan fingerprint density at radius 2 is 1.98 bits per heavy atom. The maximum atomic E-state index is 16.8. The Morgan fingerprint density at radius 1 is 1.15 bits per heavy atom. The van der Waals surface area contributed by atoms with Gasteiger partial charge in [0.1, 0.15) is 24.1 Å². The lowest BCUT2D eigenvalue weighted by molar-refractivity contribution is 0.107. The number of aromatic nitrogens is 4. The van der Waals surface area contributed by atoms with Gasteiger partial charge in [-0.2, -0.15) is 15.1 Å². The number of aryl methyl sites for hydroxylation is 1. The van der Waals surface area contributed by atoms with Gasteiger partial charge in [0.05, 0.1) is 22.3 Å². The third-order valence-corrected chi connectivity index (χ3v) is 9.96. The highest BCUT2D eigenvalue weighted by molar-refractivity contribution is 6.35. The molecule has 4 aliphatic rings. The van der Waals surface area contributed by atoms with Crippen molar-refractivity contribution in [3.8, 4) is 17.1 Å². The molecule has 4 aliphatic heterocycles. The molecular formula is C30H32ClF2N7O. The van der Waals surface area contributed by atoms with E-state index in [9.17, 15) is 4.39 Å². The van der Waals surface area contributed by atoms with E-state index in [1.807, 2.05) is 19.1 Å². The van der Waals surface area contributed by atoms with Crippen LogP contribution in [0.4, 0.5) is 14.6 Å². The number of hydrogen-bond acceptors (Lipinski definition) is 7. The van der Waals surface area contributed by atoms with Crippen LogP contribution in [0.2, 0.25) is 5.02 Å². The summed E-state index contributed by atoms with van der Waals surface area (Å²) in [6.07, 6.45) is 5.38. The van der Waals surface area contributed by atoms with Crippen LogP contribution in [0.5, 0.6) is 6.01 Å². The van der Waals surface area contributed by atoms with Gasteiger partial charge in [0, 0.05) is 60.0 Å². The highest BCUT2D eigenvalue weighted by atomic mass is 35.5. The molecule has 0 saturated carbocycles. The quantitative estimate of drug-likeness (QED) is 0.338. The molecule has 0 radical (unpaired) electrons. The molecule has 4 aromatic rings. The van der Waals surface area contributed by atoms with Gasteiger partial charge in [0.15, 0.2) is 5.82 Å². The molecule has 2 N–H and O–H groups in total. The van der Waals surface area contributed by atoms with Gasteiger partial charge in [-0.25, -0.2) is 8.78 Å². The van der Waals surface area contributed by atoms with Crippen LogP contribution < -0.4 is 15.0 Å². The Bertz CT molecular complexity index is 1670. The standard InChI is InChI=1S/C30H32ClF2N7O/c1-16-3-4-17-11-34-38-26(17)23(16)24-22(31)9-21-27(25(24)33)36-29(37-28(21)39-13-19-5-6-20(14-39)35-19)41-15-30-7-2-8-40(30)12-18(32)10-30/h3-4,9,11,18-20,35H,2,5-8,10,12-15H2,1H3,(H,34,38)/t18-,19?,20?,30+/m1/s1. The predicted octanol–water partition coefficient (Wildman–Crippen LogP) is 5.17. The number of ether oxygens (including phenoxy) is 1. The second-order valence-corrected chi connectivity index (χ2v) is 12.7. The van der Waals surface area contributed by atoms with Gasteiger partial charge in [0.2, 0.25) is 0 Å². The molecule has 2 unspecified atom stereocenters. The third kappa shape index (κ3) is 4.09. The van der Waals surface area contributed by atoms with Crippen molar-refractivity contribution in [1.82, 2.24) is 30.4 Å². The fourth-order valence-electron chi connectivity index (χ4n) is 7.75. The largest absolute Gasteiger partial charge is 0.461 e. The summed E-state index contributed by atoms with van der Waals surface area (Å²) in [6.45, 7) is 5.03. The molecule has 41 heavy (non-hydrogen) atoms. The van der Waals surface area contributed by atoms with Gasteiger partial charge in [-0.3, -0.25) is 10.00 Å². The SMILES string of the molecule is Cc1ccc2cn[nH]c2c1-c1c(Cl)cc2c(N3CC4CCC(C3)N4)nc(OC[C@@]34CCCN3C[C@H](F)C4)nc2c1F. The lowest BCUT2D eigenvalue weighted by Crippen LogP contribution is -2.51. The third-order valence-electron chi connectivity index (χ3n) is 9.67. The van der Waals surface area contributed by atoms with E-state index in [1.54, 1.807) is 12.3 Å². The van der Waals surface area contributed by atoms with Crippen molar-refractivity contribution in [2.45, 2.75) is 62.8 Å². The first-order valence-electron chi connectivity index (χ1n) is 14.5. The van der Waals surface area contributed by atoms with Crippen LogP contribution in [0, 0.1) is 12.7 Å². The zero-order valence-electron chi connectivity index (χ0n) is 22.9. The molecule has 8 nitrogen and oxygen atoms in total. The fourth-order valence-corrected chi connectivity index (χ4v) is 8.04. The Kier molecular flexibility index (Phi) is 5.92. The number of alkyl halides is 1. The molecule has 2 aromatic heterocycles. The van der Waals surface area contributed by atoms with E-state index >= 15 is 4.39 Å². The topological polar surface area (TPSA) is 82.2 Å². The van der Waals surface area contributed by atoms with Gasteiger partial charge in [-0.1, -0.05) is 23.7 Å². The number of nitrogens with zero attached hydrogens (tertiary/aromatic N) is 5. The van der Waals surface area contributed by atoms with Gasteiger partial charge in [-0.05, 0) is 50.8 Å². The number of hydrogen-bond donors (Lipinski definition) is 2. The van der Waals surface area contributed by atoms with Crippen molar-refractivity contribution in [1.29, 1.82) is 0 Å². The maximum absolute atomic E-state index is 16.8. The highest BCUT2D eigenvalue weighted by Gasteiger charge is 2.49. The first kappa shape index (κ1) is 25.6. The Labute approximate surface area is 241 Å². The number of anilines is 1. The molecule has 4 atom stereocenters. The average Bonchev–Trinajstić information content (AvgIpc) is 3.72. The minimum atomic E-state index is -0.862. The summed E-state index contributed by atoms with van der Waals surface area (Å²) in [5.41, 5.74) is 2.34. The van der Waals surface area contributed by atoms with Crippen molar-refractivity contribution in [3.63, 3.8) is 0 Å². The smallest absolute Gasteiger partial charge is 0.319 e. The van der Waals surface area contributed by atoms with Crippen LogP contribution >= 0.6 is 11.6 Å². The van der Waals surface area contributed by atoms with Crippen LogP contribution in [-0.2, 0) is 0 Å². The van der Waals surface area contributed by atoms with Gasteiger partial charge < -0.3 is 15.0 Å². The van der Waals surface area contributed by atoms with E-state index in [2.05, 4.69) is 30.3 Å². The van der Waals surface area contributed by atoms with Gasteiger partial charge in [-0.15, -0.1) is 0 Å². The number of piperazine rings is 1. The highest BCUT2D eigenvalue weighted by Crippen LogP contribution is 2.44. The number of benzene rings is 2. The number of aromatic amines is 1. The molecule has 214 valence electrons. The number of rotatable bonds is 5. The van der Waals surface area contributed by atoms with Crippen molar-refractivity contribution in [2.75, 3.05) is 37.7 Å². The van der Waals surface area contributed by atoms with Crippen molar-refractivity contribution in [3.05, 3.63) is 40.8 Å². The summed E-state index contributed by atoms with van der Waals surface area (Å²) in [6, 6.07) is 6.51. The Balaban J connectivity index is 1.27. The molecule has 0 aliphatic carbocycles. The second kappa shape index (κ2) is 9.47. The Morgan fingerprint density at radius 3 is 2.80 bits per heavy atom. The molecule has 6 heterocycles. The predicted molar refractivity (Wildman–Crippen MR) is 155 cm³/mol. The van der Waals surface area contributed by atoms with Crippen LogP contribution in [0.25, 0.3) is 32.9 Å². The zero-order valence-corrected chi connectivity index (χ0v) is 23.6. The maximum Gasteiger partial charge on any atom is 0.319 e. The molecule has 2 bridgehead atoms. The number of nitrogens with one attached hydrogen (secondary N) is 2. The zero-order chi connectivity index (χ0) is 27.9. The van der Waals surface area contributed by atoms with E-state index in [-0.39, 0.29) is 34.3 Å². The number of fused-ring (bicyclic) bond motifs is 5. The molecule has 4 saturated heterocycles. The number of halogens is 3. The van der Waals surface area contributed by atoms with E-state index in [1.165, 1.54) is 0 Å². The minimum absolute atomic E-state index is 0.116. The fraction of sp³-hybridized carbons (Fsp3) is 0.500. The van der Waals surface area contributed by atoms with Gasteiger partial charge in [0.25, 0.3) is 0 Å². The minimum Gasteiger partial charge on any atom is -0.461 e. The van der Waals surface area contributed by atoms with Crippen LogP contribution in [0.15, 0.2) is 24.4 Å². The molecule has 2 aromatic carbocycles. The van der Waals surface area contributed by atoms with E-state index < -0.39 is 12.0 Å². The second-order valence-electron chi connectivity index (χ2n) is 12.3. The lowest BCUT2D eigenvalue weighted by atomic mass is 9.95. The average molecular weight is 580 g/mol. The molecule has 4 fully saturated rings. The normalized spacial score (nSPS) is 27.8. The van der Waals surface area contributed by atoms with Crippen LogP contribution in [-0.4, -0.2) is 81.6 Å². The summed E-state index contributed by atoms with van der Waals surface area (Å²) in [5, 5.41) is 12.6. The van der Waals surface area contributed by atoms with Crippen molar-refractivity contribution in [2.24, 2.45) is 0 Å². The summed E-state index contributed by atoms with van der Waals surface area (Å²) in [4.78, 5) is 13.9. The first-order chi connectivity index (χ1) is 19.9. The van der Waals surface area contributed by atoms with E-state index in [0.29, 0.717) is 41.8 Å². The van der Waals surface area contributed by atoms with Crippen molar-refractivity contribution < 1.29 is 13.5 Å². The molecular weight excluding hydrogens is 548 g/mol. The molecule has 11 heteroatoms. The van der Waals surface area contributed by atoms with Crippen molar-refractivity contribution >= 4 is 39.2 Å². The Hall–Kier alpha value is -3.08. The van der Waals surface area contributed by atoms with Crippen LogP contribution in [0.3, 0.4) is 0 Å². The van der Waals surface area contributed by atoms with E-state index in [4.69, 9.17) is 21.3 Å². The molecule has 8 rings (SSSR count). The molecule has 0 spiro atoms. The monoisotopic (exact) mass is 579 g/mol. The summed E-state index contributed by atoms with van der Waals surface area (Å²) in [7, 11) is 0. The van der Waals surface area contributed by atoms with E-state index in [0.717, 1.165) is 61.8 Å². The summed E-state index contributed by atoms with van der Waals surface area (Å²) >= 11 is 6.89. The molecule has 0 amide bonds. The first-order valence-corrected chi connectivity index (χ1v) is 14.9. The number of H-pyrrole nitrogens is 1. The van der Waals surface area contributed by atoms with Crippen LogP contribution in [0.1, 0.15) is 37.7 Å². The van der Waals surface area contributed by atoms with Gasteiger partial charge >= 0.3 is 6.01 Å². The summed E-state index contributed by atoms with van der Waals surface area (Å²) in [5.74, 6) is 0.109.